The van der Waals surface area contributed by atoms with Crippen molar-refractivity contribution < 1.29 is 23.8 Å². The van der Waals surface area contributed by atoms with E-state index in [0.717, 1.165) is 0 Å². The number of phenolic OH excluding ortho intramolecular Hbond substituents is 1. The summed E-state index contributed by atoms with van der Waals surface area (Å²) in [4.78, 5) is 11.3. The minimum absolute atomic E-state index is 0. The van der Waals surface area contributed by atoms with Crippen LogP contribution in [0.3, 0.4) is 0 Å². The number of hydrogen-bond acceptors (Lipinski definition) is 5. The summed E-state index contributed by atoms with van der Waals surface area (Å²) < 4.78 is 23.7. The van der Waals surface area contributed by atoms with Crippen LogP contribution in [0.2, 0.25) is 0 Å². The first kappa shape index (κ1) is 18.9. The van der Waals surface area contributed by atoms with Gasteiger partial charge >= 0.3 is 5.97 Å². The molecule has 0 aliphatic rings. The number of carbonyl (C=O) groups excluding carboxylic acids is 1. The fourth-order valence-corrected chi connectivity index (χ4v) is 1.95. The van der Waals surface area contributed by atoms with E-state index < -0.39 is 18.2 Å². The van der Waals surface area contributed by atoms with Gasteiger partial charge in [0.1, 0.15) is 11.5 Å². The Balaban J connectivity index is 0.00000361. The van der Waals surface area contributed by atoms with Crippen molar-refractivity contribution in [2.45, 2.75) is 19.1 Å². The summed E-state index contributed by atoms with van der Waals surface area (Å²) in [5, 5.41) is 9.85. The van der Waals surface area contributed by atoms with E-state index in [1.807, 2.05) is 0 Å². The Morgan fingerprint density at radius 3 is 2.65 bits per heavy atom. The molecule has 0 radical (unpaired) electrons. The number of aromatic hydroxyl groups is 1. The van der Waals surface area contributed by atoms with Crippen molar-refractivity contribution >= 4 is 34.3 Å². The summed E-state index contributed by atoms with van der Waals surface area (Å²) in [6.45, 7) is 1.62. The molecular weight excluding hydrogens is 356 g/mol. The number of ether oxygens (including phenoxy) is 2. The maximum atomic E-state index is 13.8. The lowest BCUT2D eigenvalue weighted by molar-refractivity contribution is -0.149. The molecule has 0 aromatic heterocycles. The highest BCUT2D eigenvalue weighted by atomic mass is 79.9. The van der Waals surface area contributed by atoms with Gasteiger partial charge in [0.05, 0.1) is 24.2 Å². The maximum Gasteiger partial charge on any atom is 0.342 e. The van der Waals surface area contributed by atoms with Gasteiger partial charge in [0.2, 0.25) is 6.17 Å². The fraction of sp³-hybridized carbons (Fsp3) is 0.417. The third-order valence-electron chi connectivity index (χ3n) is 2.49. The average Bonchev–Trinajstić information content (AvgIpc) is 2.40. The maximum absolute atomic E-state index is 13.8. The van der Waals surface area contributed by atoms with Gasteiger partial charge in [-0.1, -0.05) is 0 Å². The van der Waals surface area contributed by atoms with Gasteiger partial charge in [0.15, 0.2) is 0 Å². The van der Waals surface area contributed by atoms with Crippen LogP contribution in [0, 0.1) is 0 Å². The van der Waals surface area contributed by atoms with Gasteiger partial charge in [-0.05, 0) is 35.0 Å². The first-order valence-corrected chi connectivity index (χ1v) is 6.34. The SMILES string of the molecule is CCOC(=O)C(F)[C@@H](N)c1cc(OC)cc(Br)c1O.Cl. The summed E-state index contributed by atoms with van der Waals surface area (Å²) in [5.74, 6) is -0.917. The van der Waals surface area contributed by atoms with Crippen LogP contribution in [0.1, 0.15) is 18.5 Å². The van der Waals surface area contributed by atoms with Crippen molar-refractivity contribution in [1.29, 1.82) is 0 Å². The predicted octanol–water partition coefficient (Wildman–Crippen LogP) is 2.49. The molecule has 0 spiro atoms. The first-order valence-electron chi connectivity index (χ1n) is 5.55. The van der Waals surface area contributed by atoms with Crippen LogP contribution in [0.25, 0.3) is 0 Å². The molecule has 1 aromatic rings. The number of carbonyl (C=O) groups is 1. The van der Waals surface area contributed by atoms with Gasteiger partial charge in [-0.15, -0.1) is 12.4 Å². The van der Waals surface area contributed by atoms with Crippen LogP contribution in [-0.2, 0) is 9.53 Å². The molecular formula is C12H16BrClFNO4. The minimum atomic E-state index is -2.06. The van der Waals surface area contributed by atoms with Crippen LogP contribution in [-0.4, -0.2) is 31.0 Å². The van der Waals surface area contributed by atoms with Crippen molar-refractivity contribution in [3.63, 3.8) is 0 Å². The van der Waals surface area contributed by atoms with E-state index in [-0.39, 0.29) is 30.3 Å². The Morgan fingerprint density at radius 1 is 1.55 bits per heavy atom. The van der Waals surface area contributed by atoms with Crippen LogP contribution in [0.5, 0.6) is 11.5 Å². The molecule has 1 rings (SSSR count). The second-order valence-corrected chi connectivity index (χ2v) is 4.58. The van der Waals surface area contributed by atoms with Gasteiger partial charge < -0.3 is 20.3 Å². The molecule has 0 heterocycles. The Bertz CT molecular complexity index is 475. The molecule has 0 saturated carbocycles. The molecule has 5 nitrogen and oxygen atoms in total. The number of hydrogen-bond donors (Lipinski definition) is 2. The summed E-state index contributed by atoms with van der Waals surface area (Å²) in [6.07, 6.45) is -2.06. The average molecular weight is 373 g/mol. The van der Waals surface area contributed by atoms with Gasteiger partial charge in [0.25, 0.3) is 0 Å². The van der Waals surface area contributed by atoms with E-state index in [1.165, 1.54) is 19.2 Å². The molecule has 0 amide bonds. The summed E-state index contributed by atoms with van der Waals surface area (Å²) in [6, 6.07) is 1.53. The number of benzene rings is 1. The zero-order valence-corrected chi connectivity index (χ0v) is 13.3. The number of halogens is 3. The van der Waals surface area contributed by atoms with Gasteiger partial charge in [-0.3, -0.25) is 0 Å². The number of alkyl halides is 1. The number of nitrogens with two attached hydrogens (primary N) is 1. The number of esters is 1. The van der Waals surface area contributed by atoms with E-state index >= 15 is 0 Å². The molecule has 0 aliphatic heterocycles. The molecule has 0 aliphatic carbocycles. The quantitative estimate of drug-likeness (QED) is 0.776. The molecule has 1 aromatic carbocycles. The number of methoxy groups -OCH3 is 1. The smallest absolute Gasteiger partial charge is 0.342 e. The Kier molecular flexibility index (Phi) is 7.85. The Labute approximate surface area is 130 Å². The number of rotatable bonds is 5. The Hall–Kier alpha value is -1.05. The molecule has 8 heteroatoms. The zero-order chi connectivity index (χ0) is 14.6. The summed E-state index contributed by atoms with van der Waals surface area (Å²) >= 11 is 3.10. The fourth-order valence-electron chi connectivity index (χ4n) is 1.49. The van der Waals surface area contributed by atoms with Crippen LogP contribution < -0.4 is 10.5 Å². The molecule has 0 saturated heterocycles. The molecule has 114 valence electrons. The second kappa shape index (κ2) is 8.28. The zero-order valence-electron chi connectivity index (χ0n) is 10.9. The third-order valence-corrected chi connectivity index (χ3v) is 3.09. The molecule has 1 unspecified atom stereocenters. The normalized spacial score (nSPS) is 13.1. The number of phenols is 1. The standard InChI is InChI=1S/C12H15BrFNO4.ClH/c1-3-19-12(17)9(14)10(15)7-4-6(18-2)5-8(13)11(7)16;/h4-5,9-10,16H,3,15H2,1-2H3;1H/t9?,10-;/m0./s1. The third kappa shape index (κ3) is 4.22. The van der Waals surface area contributed by atoms with Gasteiger partial charge in [0, 0.05) is 5.56 Å². The van der Waals surface area contributed by atoms with Crippen molar-refractivity contribution in [2.24, 2.45) is 5.73 Å². The van der Waals surface area contributed by atoms with E-state index in [9.17, 15) is 14.3 Å². The molecule has 0 fully saturated rings. The molecule has 0 bridgehead atoms. The van der Waals surface area contributed by atoms with Crippen molar-refractivity contribution in [3.05, 3.63) is 22.2 Å². The van der Waals surface area contributed by atoms with Crippen LogP contribution in [0.15, 0.2) is 16.6 Å². The highest BCUT2D eigenvalue weighted by Crippen LogP contribution is 2.37. The highest BCUT2D eigenvalue weighted by molar-refractivity contribution is 9.10. The monoisotopic (exact) mass is 371 g/mol. The van der Waals surface area contributed by atoms with Gasteiger partial charge in [-0.25, -0.2) is 9.18 Å². The van der Waals surface area contributed by atoms with Crippen molar-refractivity contribution in [2.75, 3.05) is 13.7 Å². The minimum Gasteiger partial charge on any atom is -0.506 e. The van der Waals surface area contributed by atoms with E-state index in [1.54, 1.807) is 6.92 Å². The van der Waals surface area contributed by atoms with E-state index in [2.05, 4.69) is 20.7 Å². The van der Waals surface area contributed by atoms with Crippen LogP contribution >= 0.6 is 28.3 Å². The largest absolute Gasteiger partial charge is 0.506 e. The summed E-state index contributed by atoms with van der Waals surface area (Å²) in [7, 11) is 1.42. The molecule has 2 atom stereocenters. The lowest BCUT2D eigenvalue weighted by atomic mass is 10.0. The first-order chi connectivity index (χ1) is 8.92. The lowest BCUT2D eigenvalue weighted by Gasteiger charge is -2.18. The molecule has 20 heavy (non-hydrogen) atoms. The molecule has 3 N–H and O–H groups in total. The van der Waals surface area contributed by atoms with Crippen LogP contribution in [0.4, 0.5) is 4.39 Å². The van der Waals surface area contributed by atoms with Gasteiger partial charge in [-0.2, -0.15) is 0 Å². The van der Waals surface area contributed by atoms with E-state index in [4.69, 9.17) is 10.5 Å². The predicted molar refractivity (Wildman–Crippen MR) is 78.1 cm³/mol. The van der Waals surface area contributed by atoms with Crippen molar-refractivity contribution in [3.8, 4) is 11.5 Å². The lowest BCUT2D eigenvalue weighted by Crippen LogP contribution is -2.31. The van der Waals surface area contributed by atoms with Crippen molar-refractivity contribution in [1.82, 2.24) is 0 Å². The summed E-state index contributed by atoms with van der Waals surface area (Å²) in [5.41, 5.74) is 5.71. The second-order valence-electron chi connectivity index (χ2n) is 3.73. The highest BCUT2D eigenvalue weighted by Gasteiger charge is 2.30. The Morgan fingerprint density at radius 2 is 2.15 bits per heavy atom. The van der Waals surface area contributed by atoms with E-state index in [0.29, 0.717) is 10.2 Å². The topological polar surface area (TPSA) is 81.8 Å².